The standard InChI is InChI=1S/C16H29NO4/c1-15(2)12-17(10-14(11-18)21-15)13-3-6-20-16(9-13)4-7-19-8-5-16/h13-14,18H,3-12H2,1-2H3. The van der Waals surface area contributed by atoms with Gasteiger partial charge in [0.05, 0.1) is 23.9 Å². The monoisotopic (exact) mass is 299 g/mol. The normalized spacial score (nSPS) is 36.7. The van der Waals surface area contributed by atoms with Crippen LogP contribution in [0.25, 0.3) is 0 Å². The van der Waals surface area contributed by atoms with Gasteiger partial charge in [-0.25, -0.2) is 0 Å². The fourth-order valence-electron chi connectivity index (χ4n) is 4.12. The second kappa shape index (κ2) is 6.13. The van der Waals surface area contributed by atoms with Crippen molar-refractivity contribution in [2.75, 3.05) is 39.5 Å². The smallest absolute Gasteiger partial charge is 0.0940 e. The number of aliphatic hydroxyl groups is 1. The van der Waals surface area contributed by atoms with E-state index < -0.39 is 0 Å². The van der Waals surface area contributed by atoms with Crippen LogP contribution in [0.5, 0.6) is 0 Å². The third-order valence-corrected chi connectivity index (χ3v) is 5.10. The van der Waals surface area contributed by atoms with E-state index in [1.54, 1.807) is 0 Å². The summed E-state index contributed by atoms with van der Waals surface area (Å²) in [5, 5.41) is 9.49. The molecule has 1 N–H and O–H groups in total. The number of hydrogen-bond donors (Lipinski definition) is 1. The zero-order chi connectivity index (χ0) is 14.9. The van der Waals surface area contributed by atoms with Crippen LogP contribution in [-0.4, -0.2) is 72.9 Å². The quantitative estimate of drug-likeness (QED) is 0.830. The zero-order valence-electron chi connectivity index (χ0n) is 13.3. The maximum atomic E-state index is 9.49. The molecule has 3 aliphatic heterocycles. The Hall–Kier alpha value is -0.200. The number of rotatable bonds is 2. The van der Waals surface area contributed by atoms with Crippen molar-refractivity contribution in [3.05, 3.63) is 0 Å². The van der Waals surface area contributed by atoms with Crippen molar-refractivity contribution >= 4 is 0 Å². The summed E-state index contributed by atoms with van der Waals surface area (Å²) < 4.78 is 17.6. The lowest BCUT2D eigenvalue weighted by Gasteiger charge is -2.50. The second-order valence-electron chi connectivity index (χ2n) is 7.40. The largest absolute Gasteiger partial charge is 0.394 e. The zero-order valence-corrected chi connectivity index (χ0v) is 13.3. The Morgan fingerprint density at radius 1 is 1.19 bits per heavy atom. The molecule has 5 heteroatoms. The topological polar surface area (TPSA) is 51.2 Å². The first-order valence-corrected chi connectivity index (χ1v) is 8.26. The molecule has 1 spiro atoms. The van der Waals surface area contributed by atoms with Crippen molar-refractivity contribution in [1.29, 1.82) is 0 Å². The highest BCUT2D eigenvalue weighted by atomic mass is 16.5. The molecule has 3 saturated heterocycles. The van der Waals surface area contributed by atoms with Gasteiger partial charge in [0.2, 0.25) is 0 Å². The molecule has 3 aliphatic rings. The van der Waals surface area contributed by atoms with Crippen LogP contribution in [0.3, 0.4) is 0 Å². The van der Waals surface area contributed by atoms with Gasteiger partial charge in [0, 0.05) is 39.0 Å². The van der Waals surface area contributed by atoms with Gasteiger partial charge in [0.1, 0.15) is 0 Å². The first-order chi connectivity index (χ1) is 10.0. The van der Waals surface area contributed by atoms with Crippen molar-refractivity contribution in [2.45, 2.75) is 62.9 Å². The van der Waals surface area contributed by atoms with Crippen LogP contribution in [0, 0.1) is 0 Å². The summed E-state index contributed by atoms with van der Waals surface area (Å²) in [6, 6.07) is 0.536. The van der Waals surface area contributed by atoms with E-state index >= 15 is 0 Å². The molecule has 3 heterocycles. The predicted octanol–water partition coefficient (Wildman–Crippen LogP) is 1.19. The third-order valence-electron chi connectivity index (χ3n) is 5.10. The van der Waals surface area contributed by atoms with Crippen molar-refractivity contribution < 1.29 is 19.3 Å². The van der Waals surface area contributed by atoms with E-state index in [0.717, 1.165) is 58.6 Å². The lowest BCUT2D eigenvalue weighted by Crippen LogP contribution is -2.60. The summed E-state index contributed by atoms with van der Waals surface area (Å²) in [6.07, 6.45) is 4.13. The van der Waals surface area contributed by atoms with Gasteiger partial charge in [0.15, 0.2) is 0 Å². The first-order valence-electron chi connectivity index (χ1n) is 8.26. The molecule has 21 heavy (non-hydrogen) atoms. The van der Waals surface area contributed by atoms with E-state index in [4.69, 9.17) is 14.2 Å². The van der Waals surface area contributed by atoms with Gasteiger partial charge in [-0.1, -0.05) is 0 Å². The minimum absolute atomic E-state index is 0.0261. The van der Waals surface area contributed by atoms with Gasteiger partial charge in [-0.2, -0.15) is 0 Å². The number of ether oxygens (including phenoxy) is 3. The molecule has 0 aromatic carbocycles. The Morgan fingerprint density at radius 3 is 2.67 bits per heavy atom. The predicted molar refractivity (Wildman–Crippen MR) is 79.4 cm³/mol. The van der Waals surface area contributed by atoms with Crippen molar-refractivity contribution in [2.24, 2.45) is 0 Å². The molecule has 0 bridgehead atoms. The molecule has 0 saturated carbocycles. The SMILES string of the molecule is CC1(C)CN(C2CCOC3(CCOCC3)C2)CC(CO)O1. The summed E-state index contributed by atoms with van der Waals surface area (Å²) in [5.74, 6) is 0. The average Bonchev–Trinajstić information content (AvgIpc) is 2.46. The minimum Gasteiger partial charge on any atom is -0.394 e. The van der Waals surface area contributed by atoms with E-state index in [2.05, 4.69) is 18.7 Å². The number of morpholine rings is 1. The Morgan fingerprint density at radius 2 is 1.95 bits per heavy atom. The average molecular weight is 299 g/mol. The van der Waals surface area contributed by atoms with Crippen LogP contribution < -0.4 is 0 Å². The van der Waals surface area contributed by atoms with Crippen molar-refractivity contribution in [1.82, 2.24) is 4.90 Å². The number of nitrogens with zero attached hydrogens (tertiary/aromatic N) is 1. The first kappa shape index (κ1) is 15.7. The molecule has 122 valence electrons. The minimum atomic E-state index is -0.188. The molecule has 3 fully saturated rings. The lowest BCUT2D eigenvalue weighted by molar-refractivity contribution is -0.187. The van der Waals surface area contributed by atoms with Crippen molar-refractivity contribution in [3.8, 4) is 0 Å². The maximum absolute atomic E-state index is 9.49. The Balaban J connectivity index is 1.67. The van der Waals surface area contributed by atoms with Gasteiger partial charge in [-0.15, -0.1) is 0 Å². The number of hydrogen-bond acceptors (Lipinski definition) is 5. The molecule has 0 radical (unpaired) electrons. The Kier molecular flexibility index (Phi) is 4.58. The molecule has 0 aliphatic carbocycles. The van der Waals surface area contributed by atoms with Gasteiger partial charge in [-0.05, 0) is 39.5 Å². The molecule has 3 rings (SSSR count). The Bertz CT molecular complexity index is 349. The van der Waals surface area contributed by atoms with E-state index in [-0.39, 0.29) is 23.9 Å². The molecule has 0 aromatic rings. The highest BCUT2D eigenvalue weighted by Gasteiger charge is 2.43. The molecule has 2 unspecified atom stereocenters. The van der Waals surface area contributed by atoms with Crippen LogP contribution in [-0.2, 0) is 14.2 Å². The summed E-state index contributed by atoms with van der Waals surface area (Å²) in [5.41, 5.74) is -0.162. The van der Waals surface area contributed by atoms with Crippen molar-refractivity contribution in [3.63, 3.8) is 0 Å². The van der Waals surface area contributed by atoms with Gasteiger partial charge >= 0.3 is 0 Å². The fraction of sp³-hybridized carbons (Fsp3) is 1.00. The van der Waals surface area contributed by atoms with Crippen LogP contribution in [0.4, 0.5) is 0 Å². The van der Waals surface area contributed by atoms with Crippen LogP contribution in [0.1, 0.15) is 39.5 Å². The van der Waals surface area contributed by atoms with Crippen LogP contribution in [0.2, 0.25) is 0 Å². The molecule has 0 amide bonds. The second-order valence-corrected chi connectivity index (χ2v) is 7.40. The van der Waals surface area contributed by atoms with E-state index in [9.17, 15) is 5.11 Å². The fourth-order valence-corrected chi connectivity index (χ4v) is 4.12. The van der Waals surface area contributed by atoms with Gasteiger partial charge < -0.3 is 19.3 Å². The highest BCUT2D eigenvalue weighted by Crippen LogP contribution is 2.37. The number of aliphatic hydroxyl groups excluding tert-OH is 1. The molecular formula is C16H29NO4. The Labute approximate surface area is 127 Å². The summed E-state index contributed by atoms with van der Waals surface area (Å²) in [7, 11) is 0. The maximum Gasteiger partial charge on any atom is 0.0940 e. The summed E-state index contributed by atoms with van der Waals surface area (Å²) in [4.78, 5) is 2.52. The molecule has 5 nitrogen and oxygen atoms in total. The van der Waals surface area contributed by atoms with E-state index in [0.29, 0.717) is 6.04 Å². The van der Waals surface area contributed by atoms with Gasteiger partial charge in [-0.3, -0.25) is 4.90 Å². The summed E-state index contributed by atoms with van der Waals surface area (Å²) >= 11 is 0. The van der Waals surface area contributed by atoms with E-state index in [1.807, 2.05) is 0 Å². The third kappa shape index (κ3) is 3.59. The molecule has 0 aromatic heterocycles. The van der Waals surface area contributed by atoms with Crippen LogP contribution in [0.15, 0.2) is 0 Å². The van der Waals surface area contributed by atoms with E-state index in [1.165, 1.54) is 0 Å². The van der Waals surface area contributed by atoms with Crippen LogP contribution >= 0.6 is 0 Å². The highest BCUT2D eigenvalue weighted by molar-refractivity contribution is 4.95. The summed E-state index contributed by atoms with van der Waals surface area (Å²) in [6.45, 7) is 8.57. The molecular weight excluding hydrogens is 270 g/mol. The van der Waals surface area contributed by atoms with Gasteiger partial charge in [0.25, 0.3) is 0 Å². The lowest BCUT2D eigenvalue weighted by atomic mass is 9.83. The molecule has 2 atom stereocenters.